The molecule has 0 amide bonds. The highest BCUT2D eigenvalue weighted by molar-refractivity contribution is 6.16. The van der Waals surface area contributed by atoms with Gasteiger partial charge in [-0.25, -0.2) is 0 Å². The van der Waals surface area contributed by atoms with Crippen molar-refractivity contribution in [2.45, 2.75) is 38.0 Å². The van der Waals surface area contributed by atoms with Crippen molar-refractivity contribution in [1.82, 2.24) is 0 Å². The molecule has 2 atom stereocenters. The van der Waals surface area contributed by atoms with Crippen molar-refractivity contribution in [2.24, 2.45) is 10.8 Å². The van der Waals surface area contributed by atoms with E-state index in [1.807, 2.05) is 0 Å². The van der Waals surface area contributed by atoms with Crippen LogP contribution in [0.3, 0.4) is 0 Å². The van der Waals surface area contributed by atoms with Crippen LogP contribution in [0, 0.1) is 10.8 Å². The Morgan fingerprint density at radius 3 is 1.77 bits per heavy atom. The van der Waals surface area contributed by atoms with Gasteiger partial charge in [0.05, 0.1) is 17.3 Å². The summed E-state index contributed by atoms with van der Waals surface area (Å²) in [7, 11) is 0. The zero-order chi connectivity index (χ0) is 17.7. The fourth-order valence-electron chi connectivity index (χ4n) is 6.89. The molecule has 0 heterocycles. The van der Waals surface area contributed by atoms with Gasteiger partial charge in [-0.15, -0.1) is 0 Å². The second kappa shape index (κ2) is 4.43. The van der Waals surface area contributed by atoms with Crippen LogP contribution in [0.2, 0.25) is 0 Å². The Balaban J connectivity index is 1.81. The van der Waals surface area contributed by atoms with Gasteiger partial charge in [0.25, 0.3) is 0 Å². The van der Waals surface area contributed by atoms with Crippen molar-refractivity contribution in [3.05, 3.63) is 82.4 Å². The largest absolute Gasteiger partial charge is 0.299 e. The molecule has 2 bridgehead atoms. The molecule has 1 saturated carbocycles. The highest BCUT2D eigenvalue weighted by Crippen LogP contribution is 2.76. The van der Waals surface area contributed by atoms with Gasteiger partial charge in [-0.1, -0.05) is 60.2 Å². The average molecular weight is 340 g/mol. The van der Waals surface area contributed by atoms with Crippen molar-refractivity contribution in [3.63, 3.8) is 0 Å². The fraction of sp³-hybridized carbons (Fsp3) is 0.333. The molecule has 2 aromatic carbocycles. The fourth-order valence-corrected chi connectivity index (χ4v) is 6.89. The Morgan fingerprint density at radius 1 is 0.769 bits per heavy atom. The zero-order valence-corrected chi connectivity index (χ0v) is 14.8. The number of allylic oxidation sites excluding steroid dienone is 2. The molecule has 2 nitrogen and oxygen atoms in total. The van der Waals surface area contributed by atoms with Crippen LogP contribution in [0.25, 0.3) is 0 Å². The first-order valence-corrected chi connectivity index (χ1v) is 9.51. The van der Waals surface area contributed by atoms with Gasteiger partial charge in [0.1, 0.15) is 11.6 Å². The topological polar surface area (TPSA) is 34.1 Å². The van der Waals surface area contributed by atoms with Gasteiger partial charge in [0.2, 0.25) is 0 Å². The predicted molar refractivity (Wildman–Crippen MR) is 99.1 cm³/mol. The molecule has 26 heavy (non-hydrogen) atoms. The molecule has 2 aromatic rings. The van der Waals surface area contributed by atoms with Crippen LogP contribution >= 0.6 is 0 Å². The highest BCUT2D eigenvalue weighted by atomic mass is 16.2. The Kier molecular flexibility index (Phi) is 2.50. The summed E-state index contributed by atoms with van der Waals surface area (Å²) < 4.78 is 0. The SMILES string of the molecule is CC1=CCC23C(=O)CC(=O)C2(C1)C1c2ccccc2C3c2ccccc21. The van der Waals surface area contributed by atoms with Gasteiger partial charge in [-0.2, -0.15) is 0 Å². The number of hydrogen-bond acceptors (Lipinski definition) is 2. The Hall–Kier alpha value is -2.48. The van der Waals surface area contributed by atoms with Crippen molar-refractivity contribution in [3.8, 4) is 0 Å². The van der Waals surface area contributed by atoms with Crippen LogP contribution in [0.15, 0.2) is 60.2 Å². The molecule has 1 fully saturated rings. The molecule has 5 aliphatic rings. The van der Waals surface area contributed by atoms with E-state index in [4.69, 9.17) is 0 Å². The lowest BCUT2D eigenvalue weighted by Gasteiger charge is -2.62. The molecule has 0 aromatic heterocycles. The normalized spacial score (nSPS) is 36.1. The van der Waals surface area contributed by atoms with E-state index in [1.54, 1.807) is 0 Å². The summed E-state index contributed by atoms with van der Waals surface area (Å²) in [5.41, 5.74) is 5.15. The van der Waals surface area contributed by atoms with Crippen molar-refractivity contribution < 1.29 is 9.59 Å². The summed E-state index contributed by atoms with van der Waals surface area (Å²) in [6, 6.07) is 17.0. The lowest BCUT2D eigenvalue weighted by atomic mass is 9.38. The van der Waals surface area contributed by atoms with Gasteiger partial charge < -0.3 is 0 Å². The predicted octanol–water partition coefficient (Wildman–Crippen LogP) is 4.53. The number of hydrogen-bond donors (Lipinski definition) is 0. The van der Waals surface area contributed by atoms with Crippen molar-refractivity contribution >= 4 is 11.6 Å². The minimum Gasteiger partial charge on any atom is -0.299 e. The first-order valence-electron chi connectivity index (χ1n) is 9.51. The second-order valence-corrected chi connectivity index (χ2v) is 8.52. The van der Waals surface area contributed by atoms with E-state index in [2.05, 4.69) is 61.5 Å². The molecule has 2 heteroatoms. The molecule has 5 aliphatic carbocycles. The van der Waals surface area contributed by atoms with Gasteiger partial charge in [0, 0.05) is 11.8 Å². The Bertz CT molecular complexity index is 998. The van der Waals surface area contributed by atoms with Crippen molar-refractivity contribution in [2.75, 3.05) is 0 Å². The van der Waals surface area contributed by atoms with Crippen LogP contribution < -0.4 is 0 Å². The number of ketones is 2. The van der Waals surface area contributed by atoms with E-state index in [0.29, 0.717) is 6.42 Å². The van der Waals surface area contributed by atoms with E-state index in [-0.39, 0.29) is 29.8 Å². The number of carbonyl (C=O) groups is 2. The minimum atomic E-state index is -0.587. The van der Waals surface area contributed by atoms with Crippen LogP contribution in [0.4, 0.5) is 0 Å². The first kappa shape index (κ1) is 14.7. The van der Waals surface area contributed by atoms with E-state index in [1.165, 1.54) is 27.8 Å². The second-order valence-electron chi connectivity index (χ2n) is 8.52. The molecular weight excluding hydrogens is 320 g/mol. The summed E-state index contributed by atoms with van der Waals surface area (Å²) in [5.74, 6) is 0.352. The average Bonchev–Trinajstić information content (AvgIpc) is 2.89. The number of rotatable bonds is 0. The quantitative estimate of drug-likeness (QED) is 0.521. The molecule has 0 aliphatic heterocycles. The van der Waals surface area contributed by atoms with Crippen LogP contribution in [-0.2, 0) is 9.59 Å². The molecular formula is C24H20O2. The molecule has 7 rings (SSSR count). The molecule has 0 spiro atoms. The number of benzene rings is 2. The Morgan fingerprint density at radius 2 is 1.23 bits per heavy atom. The smallest absolute Gasteiger partial charge is 0.148 e. The maximum atomic E-state index is 13.5. The third-order valence-corrected chi connectivity index (χ3v) is 7.66. The lowest BCUT2D eigenvalue weighted by Crippen LogP contribution is -2.59. The maximum absolute atomic E-state index is 13.5. The summed E-state index contributed by atoms with van der Waals surface area (Å²) in [6.45, 7) is 2.12. The zero-order valence-electron chi connectivity index (χ0n) is 14.8. The summed E-state index contributed by atoms with van der Waals surface area (Å²) in [4.78, 5) is 26.9. The molecule has 2 unspecified atom stereocenters. The van der Waals surface area contributed by atoms with Gasteiger partial charge in [-0.3, -0.25) is 9.59 Å². The maximum Gasteiger partial charge on any atom is 0.148 e. The monoisotopic (exact) mass is 340 g/mol. The van der Waals surface area contributed by atoms with Crippen LogP contribution in [0.1, 0.15) is 60.3 Å². The van der Waals surface area contributed by atoms with Crippen LogP contribution in [0.5, 0.6) is 0 Å². The third-order valence-electron chi connectivity index (χ3n) is 7.66. The van der Waals surface area contributed by atoms with E-state index in [9.17, 15) is 9.59 Å². The van der Waals surface area contributed by atoms with E-state index >= 15 is 0 Å². The van der Waals surface area contributed by atoms with Gasteiger partial charge in [-0.05, 0) is 42.0 Å². The van der Waals surface area contributed by atoms with Gasteiger partial charge >= 0.3 is 0 Å². The highest BCUT2D eigenvalue weighted by Gasteiger charge is 2.76. The Labute approximate surface area is 152 Å². The summed E-state index contributed by atoms with van der Waals surface area (Å²) >= 11 is 0. The van der Waals surface area contributed by atoms with Crippen LogP contribution in [-0.4, -0.2) is 11.6 Å². The lowest BCUT2D eigenvalue weighted by molar-refractivity contribution is -0.141. The first-order chi connectivity index (χ1) is 12.6. The molecule has 0 N–H and O–H groups in total. The molecule has 0 saturated heterocycles. The standard InChI is InChI=1S/C24H20O2/c1-14-10-11-23-19(25)12-20(26)24(23,13-14)22-17-8-4-2-6-15(17)21(23)16-7-3-5-9-18(16)22/h2-10,21-22H,11-13H2,1H3. The molecule has 128 valence electrons. The summed E-state index contributed by atoms with van der Waals surface area (Å²) in [6.07, 6.45) is 3.76. The molecule has 0 radical (unpaired) electrons. The number of carbonyl (C=O) groups excluding carboxylic acids is 2. The summed E-state index contributed by atoms with van der Waals surface area (Å²) in [5, 5.41) is 0. The van der Waals surface area contributed by atoms with E-state index < -0.39 is 10.8 Å². The van der Waals surface area contributed by atoms with Gasteiger partial charge in [0.15, 0.2) is 0 Å². The minimum absolute atomic E-state index is 0.00231. The third kappa shape index (κ3) is 1.30. The van der Waals surface area contributed by atoms with E-state index in [0.717, 1.165) is 6.42 Å². The number of Topliss-reactive ketones (excluding diaryl/α,β-unsaturated/α-hetero) is 2. The van der Waals surface area contributed by atoms with Crippen molar-refractivity contribution in [1.29, 1.82) is 0 Å².